The lowest BCUT2D eigenvalue weighted by Gasteiger charge is -2.06. The van der Waals surface area contributed by atoms with Gasteiger partial charge in [0.15, 0.2) is 11.5 Å². The van der Waals surface area contributed by atoms with Crippen LogP contribution >= 0.6 is 11.6 Å². The van der Waals surface area contributed by atoms with Crippen LogP contribution in [0.25, 0.3) is 0 Å². The molecule has 0 saturated carbocycles. The molecule has 84 valence electrons. The molecule has 0 aliphatic heterocycles. The number of carbonyl (C=O) groups excluding carboxylic acids is 1. The average molecular weight is 241 g/mol. The maximum absolute atomic E-state index is 11.3. The highest BCUT2D eigenvalue weighted by atomic mass is 35.5. The molecule has 0 atom stereocenters. The summed E-state index contributed by atoms with van der Waals surface area (Å²) in [6, 6.07) is 2.64. The van der Waals surface area contributed by atoms with E-state index in [0.29, 0.717) is 0 Å². The van der Waals surface area contributed by atoms with Crippen molar-refractivity contribution in [2.75, 3.05) is 7.11 Å². The van der Waals surface area contributed by atoms with Gasteiger partial charge in [-0.05, 0) is 6.07 Å². The highest BCUT2D eigenvalue weighted by molar-refractivity contribution is 6.31. The van der Waals surface area contributed by atoms with E-state index in [1.54, 1.807) is 6.92 Å². The summed E-state index contributed by atoms with van der Waals surface area (Å²) in [6.07, 6.45) is 2.30. The summed E-state index contributed by atoms with van der Waals surface area (Å²) in [7, 11) is 1.20. The van der Waals surface area contributed by atoms with Gasteiger partial charge in [-0.1, -0.05) is 17.5 Å². The molecule has 5 heteroatoms. The van der Waals surface area contributed by atoms with E-state index in [2.05, 4.69) is 16.8 Å². The minimum absolute atomic E-state index is 0.0160. The molecule has 0 saturated heterocycles. The van der Waals surface area contributed by atoms with Crippen LogP contribution in [0.1, 0.15) is 17.3 Å². The van der Waals surface area contributed by atoms with Crippen molar-refractivity contribution in [1.29, 1.82) is 0 Å². The van der Waals surface area contributed by atoms with Crippen LogP contribution in [0.4, 0.5) is 0 Å². The highest BCUT2D eigenvalue weighted by Crippen LogP contribution is 2.33. The summed E-state index contributed by atoms with van der Waals surface area (Å²) >= 11 is 5.75. The van der Waals surface area contributed by atoms with Crippen LogP contribution in [0.3, 0.4) is 0 Å². The normalized spacial score (nSPS) is 8.94. The predicted octanol–water partition coefficient (Wildman–Crippen LogP) is 2.19. The van der Waals surface area contributed by atoms with E-state index in [4.69, 9.17) is 16.3 Å². The molecular formula is C11H9ClO4. The maximum Gasteiger partial charge on any atom is 0.341 e. The van der Waals surface area contributed by atoms with Crippen LogP contribution < -0.4 is 4.74 Å². The molecule has 0 radical (unpaired) electrons. The first-order chi connectivity index (χ1) is 7.60. The molecule has 0 unspecified atom stereocenters. The summed E-state index contributed by atoms with van der Waals surface area (Å²) in [5, 5.41) is 9.93. The fraction of sp³-hybridized carbons (Fsp3) is 0.182. The lowest BCUT2D eigenvalue weighted by molar-refractivity contribution is 0.0597. The second kappa shape index (κ2) is 5.29. The van der Waals surface area contributed by atoms with Crippen LogP contribution in [-0.2, 0) is 4.74 Å². The number of carbonyl (C=O) groups is 1. The summed E-state index contributed by atoms with van der Waals surface area (Å²) in [6.45, 7) is 1.57. The smallest absolute Gasteiger partial charge is 0.341 e. The Labute approximate surface area is 97.7 Å². The largest absolute Gasteiger partial charge is 0.504 e. The Bertz CT molecular complexity index is 471. The van der Waals surface area contributed by atoms with Crippen LogP contribution in [0, 0.1) is 12.0 Å². The van der Waals surface area contributed by atoms with Crippen LogP contribution in [-0.4, -0.2) is 18.2 Å². The number of phenols is 1. The topological polar surface area (TPSA) is 55.8 Å². The van der Waals surface area contributed by atoms with Crippen LogP contribution in [0.15, 0.2) is 12.1 Å². The Morgan fingerprint density at radius 2 is 2.19 bits per heavy atom. The Balaban J connectivity index is 3.23. The minimum atomic E-state index is -0.700. The maximum atomic E-state index is 11.3. The summed E-state index contributed by atoms with van der Waals surface area (Å²) < 4.78 is 9.38. The lowest BCUT2D eigenvalue weighted by atomic mass is 10.2. The molecule has 1 aromatic rings. The number of rotatable bonds is 2. The van der Waals surface area contributed by atoms with Gasteiger partial charge in [-0.2, -0.15) is 0 Å². The molecule has 4 nitrogen and oxygen atoms in total. The van der Waals surface area contributed by atoms with Gasteiger partial charge in [0.05, 0.1) is 7.11 Å². The fourth-order valence-corrected chi connectivity index (χ4v) is 1.23. The van der Waals surface area contributed by atoms with Crippen molar-refractivity contribution >= 4 is 17.6 Å². The quantitative estimate of drug-likeness (QED) is 0.636. The third-order valence-electron chi connectivity index (χ3n) is 1.71. The molecule has 0 heterocycles. The van der Waals surface area contributed by atoms with Crippen molar-refractivity contribution in [2.24, 2.45) is 0 Å². The van der Waals surface area contributed by atoms with Crippen molar-refractivity contribution in [1.82, 2.24) is 0 Å². The molecule has 0 aromatic heterocycles. The van der Waals surface area contributed by atoms with E-state index < -0.39 is 5.97 Å². The van der Waals surface area contributed by atoms with Gasteiger partial charge < -0.3 is 14.6 Å². The van der Waals surface area contributed by atoms with Gasteiger partial charge >= 0.3 is 5.97 Å². The monoisotopic (exact) mass is 240 g/mol. The zero-order valence-corrected chi connectivity index (χ0v) is 9.46. The van der Waals surface area contributed by atoms with E-state index in [1.807, 2.05) is 0 Å². The summed E-state index contributed by atoms with van der Waals surface area (Å²) in [5.41, 5.74) is -0.0668. The molecule has 1 aromatic carbocycles. The molecule has 0 bridgehead atoms. The molecule has 0 amide bonds. The van der Waals surface area contributed by atoms with Gasteiger partial charge in [0, 0.05) is 18.0 Å². The number of methoxy groups -OCH3 is 1. The van der Waals surface area contributed by atoms with Crippen molar-refractivity contribution in [3.05, 3.63) is 22.7 Å². The second-order valence-corrected chi connectivity index (χ2v) is 3.18. The molecule has 1 N–H and O–H groups in total. The molecule has 16 heavy (non-hydrogen) atoms. The molecule has 0 fully saturated rings. The number of hydrogen-bond donors (Lipinski definition) is 1. The van der Waals surface area contributed by atoms with Gasteiger partial charge in [-0.15, -0.1) is 0 Å². The van der Waals surface area contributed by atoms with Crippen molar-refractivity contribution in [3.8, 4) is 23.5 Å². The van der Waals surface area contributed by atoms with Gasteiger partial charge in [0.1, 0.15) is 11.7 Å². The molecule has 0 spiro atoms. The standard InChI is InChI=1S/C11H9ClO4/c1-3-4-16-9-6-7(12)5-8(10(9)13)11(14)15-2/h5-6,13H,1-2H3. The molecular weight excluding hydrogens is 232 g/mol. The first-order valence-corrected chi connectivity index (χ1v) is 4.67. The number of hydrogen-bond acceptors (Lipinski definition) is 4. The number of aromatic hydroxyl groups is 1. The average Bonchev–Trinajstić information content (AvgIpc) is 2.28. The highest BCUT2D eigenvalue weighted by Gasteiger charge is 2.17. The van der Waals surface area contributed by atoms with E-state index in [9.17, 15) is 9.90 Å². The number of phenolic OH excluding ortho intramolecular Hbond substituents is 1. The van der Waals surface area contributed by atoms with Crippen LogP contribution in [0.5, 0.6) is 11.5 Å². The van der Waals surface area contributed by atoms with E-state index in [0.717, 1.165) is 0 Å². The predicted molar refractivity (Wildman–Crippen MR) is 58.5 cm³/mol. The van der Waals surface area contributed by atoms with Crippen molar-refractivity contribution in [3.63, 3.8) is 0 Å². The third kappa shape index (κ3) is 2.59. The Morgan fingerprint density at radius 3 is 2.75 bits per heavy atom. The SMILES string of the molecule is CC#COc1cc(Cl)cc(C(=O)OC)c1O. The molecule has 1 rings (SSSR count). The Kier molecular flexibility index (Phi) is 4.03. The number of ether oxygens (including phenoxy) is 2. The number of esters is 1. The molecule has 0 aliphatic rings. The number of benzene rings is 1. The number of halogens is 1. The zero-order valence-electron chi connectivity index (χ0n) is 8.70. The fourth-order valence-electron chi connectivity index (χ4n) is 1.02. The van der Waals surface area contributed by atoms with Crippen molar-refractivity contribution in [2.45, 2.75) is 6.92 Å². The van der Waals surface area contributed by atoms with Gasteiger partial charge in [-0.3, -0.25) is 0 Å². The molecule has 0 aliphatic carbocycles. The van der Waals surface area contributed by atoms with E-state index in [1.165, 1.54) is 19.2 Å². The summed E-state index contributed by atoms with van der Waals surface area (Å²) in [5.74, 6) is 1.45. The zero-order chi connectivity index (χ0) is 12.1. The minimum Gasteiger partial charge on any atom is -0.504 e. The Morgan fingerprint density at radius 1 is 1.50 bits per heavy atom. The third-order valence-corrected chi connectivity index (χ3v) is 1.93. The van der Waals surface area contributed by atoms with Crippen LogP contribution in [0.2, 0.25) is 5.02 Å². The van der Waals surface area contributed by atoms with E-state index >= 15 is 0 Å². The Hall–Kier alpha value is -1.86. The lowest BCUT2D eigenvalue weighted by Crippen LogP contribution is -2.02. The van der Waals surface area contributed by atoms with Gasteiger partial charge in [-0.25, -0.2) is 4.79 Å². The van der Waals surface area contributed by atoms with E-state index in [-0.39, 0.29) is 22.1 Å². The second-order valence-electron chi connectivity index (χ2n) is 2.75. The first-order valence-electron chi connectivity index (χ1n) is 4.29. The first kappa shape index (κ1) is 12.2. The van der Waals surface area contributed by atoms with Gasteiger partial charge in [0.25, 0.3) is 0 Å². The van der Waals surface area contributed by atoms with Gasteiger partial charge in [0.2, 0.25) is 0 Å². The van der Waals surface area contributed by atoms with Crippen molar-refractivity contribution < 1.29 is 19.4 Å². The summed E-state index contributed by atoms with van der Waals surface area (Å²) in [4.78, 5) is 11.3.